The Hall–Kier alpha value is -1.62. The predicted octanol–water partition coefficient (Wildman–Crippen LogP) is 1.06. The van der Waals surface area contributed by atoms with Crippen LogP contribution in [0.5, 0.6) is 0 Å². The molecule has 2 heterocycles. The van der Waals surface area contributed by atoms with E-state index in [0.717, 1.165) is 24.2 Å². The summed E-state index contributed by atoms with van der Waals surface area (Å²) in [5.41, 5.74) is 0.473. The lowest BCUT2D eigenvalue weighted by molar-refractivity contribution is -0.123. The smallest absolute Gasteiger partial charge is 0.243 e. The van der Waals surface area contributed by atoms with Crippen LogP contribution in [0.15, 0.2) is 28.0 Å². The Kier molecular flexibility index (Phi) is 6.97. The van der Waals surface area contributed by atoms with E-state index in [-0.39, 0.29) is 29.0 Å². The lowest BCUT2D eigenvalue weighted by Crippen LogP contribution is -2.44. The van der Waals surface area contributed by atoms with Gasteiger partial charge in [-0.1, -0.05) is 6.42 Å². The average Bonchev–Trinajstić information content (AvgIpc) is 2.70. The van der Waals surface area contributed by atoms with Gasteiger partial charge in [0.25, 0.3) is 0 Å². The molecule has 3 rings (SSSR count). The third-order valence-electron chi connectivity index (χ3n) is 4.76. The van der Waals surface area contributed by atoms with Gasteiger partial charge in [-0.3, -0.25) is 9.59 Å². The van der Waals surface area contributed by atoms with Crippen LogP contribution in [0.3, 0.4) is 0 Å². The zero-order valence-electron chi connectivity index (χ0n) is 15.8. The number of hydrogen-bond acceptors (Lipinski definition) is 6. The van der Waals surface area contributed by atoms with Gasteiger partial charge in [-0.05, 0) is 31.0 Å². The Morgan fingerprint density at radius 1 is 1.25 bits per heavy atom. The molecule has 0 atom stereocenters. The Bertz CT molecular complexity index is 838. The molecular weight excluding hydrogens is 402 g/mol. The van der Waals surface area contributed by atoms with Crippen molar-refractivity contribution in [3.05, 3.63) is 18.2 Å². The molecule has 2 amide bonds. The van der Waals surface area contributed by atoms with Gasteiger partial charge in [-0.15, -0.1) is 11.8 Å². The number of carbonyl (C=O) groups excluding carboxylic acids is 2. The topological polar surface area (TPSA) is 96.0 Å². The molecule has 8 nitrogen and oxygen atoms in total. The van der Waals surface area contributed by atoms with E-state index in [4.69, 9.17) is 4.74 Å². The first-order chi connectivity index (χ1) is 13.4. The van der Waals surface area contributed by atoms with Crippen molar-refractivity contribution in [3.63, 3.8) is 0 Å². The van der Waals surface area contributed by atoms with E-state index >= 15 is 0 Å². The summed E-state index contributed by atoms with van der Waals surface area (Å²) in [6, 6.07) is 4.83. The molecule has 1 saturated heterocycles. The fraction of sp³-hybridized carbons (Fsp3) is 0.556. The molecule has 1 aromatic rings. The fourth-order valence-electron chi connectivity index (χ4n) is 3.26. The molecule has 0 aliphatic carbocycles. The van der Waals surface area contributed by atoms with Gasteiger partial charge < -0.3 is 15.0 Å². The molecule has 0 unspecified atom stereocenters. The number of thioether (sulfide) groups is 1. The number of carbonyl (C=O) groups is 2. The van der Waals surface area contributed by atoms with Crippen molar-refractivity contribution in [1.82, 2.24) is 9.62 Å². The number of fused-ring (bicyclic) bond motifs is 1. The van der Waals surface area contributed by atoms with Crippen LogP contribution in [-0.4, -0.2) is 70.2 Å². The Morgan fingerprint density at radius 3 is 2.71 bits per heavy atom. The molecule has 154 valence electrons. The van der Waals surface area contributed by atoms with Gasteiger partial charge >= 0.3 is 0 Å². The second-order valence-corrected chi connectivity index (χ2v) is 9.66. The highest BCUT2D eigenvalue weighted by atomic mass is 32.2. The number of sulfonamides is 1. The van der Waals surface area contributed by atoms with Crippen LogP contribution < -0.4 is 10.2 Å². The minimum Gasteiger partial charge on any atom is -0.383 e. The number of nitrogens with one attached hydrogen (secondary N) is 1. The minimum absolute atomic E-state index is 0.149. The van der Waals surface area contributed by atoms with Crippen LogP contribution in [0.2, 0.25) is 0 Å². The Balaban J connectivity index is 1.84. The lowest BCUT2D eigenvalue weighted by Gasteiger charge is -2.30. The molecule has 1 aromatic carbocycles. The number of nitrogens with zero attached hydrogens (tertiary/aromatic N) is 2. The van der Waals surface area contributed by atoms with Crippen molar-refractivity contribution >= 4 is 39.3 Å². The van der Waals surface area contributed by atoms with E-state index in [9.17, 15) is 18.0 Å². The highest BCUT2D eigenvalue weighted by Crippen LogP contribution is 2.37. The van der Waals surface area contributed by atoms with Gasteiger partial charge in [0, 0.05) is 31.6 Å². The quantitative estimate of drug-likeness (QED) is 0.654. The summed E-state index contributed by atoms with van der Waals surface area (Å²) in [6.07, 6.45) is 2.74. The molecule has 2 aliphatic heterocycles. The van der Waals surface area contributed by atoms with Crippen LogP contribution in [0.4, 0.5) is 5.69 Å². The maximum absolute atomic E-state index is 13.0. The van der Waals surface area contributed by atoms with Crippen molar-refractivity contribution in [2.45, 2.75) is 29.1 Å². The molecule has 2 aliphatic rings. The van der Waals surface area contributed by atoms with Gasteiger partial charge in [0.1, 0.15) is 6.54 Å². The molecule has 0 aromatic heterocycles. The van der Waals surface area contributed by atoms with Gasteiger partial charge in [0.05, 0.1) is 22.9 Å². The molecular formula is C18H25N3O5S2. The monoisotopic (exact) mass is 427 g/mol. The number of anilines is 1. The third kappa shape index (κ3) is 4.68. The molecule has 0 spiro atoms. The number of benzene rings is 1. The zero-order chi connectivity index (χ0) is 20.1. The largest absolute Gasteiger partial charge is 0.383 e. The summed E-state index contributed by atoms with van der Waals surface area (Å²) in [5, 5.41) is 2.69. The highest BCUT2D eigenvalue weighted by molar-refractivity contribution is 8.00. The molecule has 1 N–H and O–H groups in total. The van der Waals surface area contributed by atoms with Crippen LogP contribution in [0.25, 0.3) is 0 Å². The van der Waals surface area contributed by atoms with Gasteiger partial charge in [0.15, 0.2) is 0 Å². The summed E-state index contributed by atoms with van der Waals surface area (Å²) in [5.74, 6) is -0.309. The minimum atomic E-state index is -3.61. The summed E-state index contributed by atoms with van der Waals surface area (Å²) in [6.45, 7) is 1.60. The number of piperidine rings is 1. The molecule has 28 heavy (non-hydrogen) atoms. The van der Waals surface area contributed by atoms with E-state index in [2.05, 4.69) is 5.32 Å². The summed E-state index contributed by atoms with van der Waals surface area (Å²) >= 11 is 1.35. The second kappa shape index (κ2) is 9.25. The first-order valence-corrected chi connectivity index (χ1v) is 11.7. The molecule has 0 saturated carbocycles. The van der Waals surface area contributed by atoms with E-state index in [0.29, 0.717) is 31.9 Å². The SMILES string of the molecule is COCCNC(=O)CN1C(=O)CSc2ccc(S(=O)(=O)N3CCCCC3)cc21. The van der Waals surface area contributed by atoms with Crippen LogP contribution >= 0.6 is 11.8 Å². The Labute approximate surface area is 169 Å². The first-order valence-electron chi connectivity index (χ1n) is 9.26. The van der Waals surface area contributed by atoms with Crippen LogP contribution in [0, 0.1) is 0 Å². The third-order valence-corrected chi connectivity index (χ3v) is 7.70. The first kappa shape index (κ1) is 21.1. The summed E-state index contributed by atoms with van der Waals surface area (Å²) in [7, 11) is -2.07. The van der Waals surface area contributed by atoms with E-state index in [1.807, 2.05) is 0 Å². The van der Waals surface area contributed by atoms with Crippen molar-refractivity contribution in [2.24, 2.45) is 0 Å². The zero-order valence-corrected chi connectivity index (χ0v) is 17.5. The predicted molar refractivity (Wildman–Crippen MR) is 107 cm³/mol. The van der Waals surface area contributed by atoms with Crippen molar-refractivity contribution < 1.29 is 22.7 Å². The van der Waals surface area contributed by atoms with E-state index in [1.165, 1.54) is 34.1 Å². The van der Waals surface area contributed by atoms with Gasteiger partial charge in [-0.25, -0.2) is 8.42 Å². The number of methoxy groups -OCH3 is 1. The highest BCUT2D eigenvalue weighted by Gasteiger charge is 2.31. The normalized spacial score (nSPS) is 18.0. The standard InChI is InChI=1S/C18H25N3O5S2/c1-26-10-7-19-17(22)12-21-15-11-14(5-6-16(15)27-13-18(21)23)28(24,25)20-8-3-2-4-9-20/h5-6,11H,2-4,7-10,12-13H2,1H3,(H,19,22). The molecule has 1 fully saturated rings. The second-order valence-electron chi connectivity index (χ2n) is 6.71. The van der Waals surface area contributed by atoms with Crippen molar-refractivity contribution in [2.75, 3.05) is 50.5 Å². The maximum Gasteiger partial charge on any atom is 0.243 e. The van der Waals surface area contributed by atoms with Gasteiger partial charge in [0.2, 0.25) is 21.8 Å². The molecule has 0 radical (unpaired) electrons. The van der Waals surface area contributed by atoms with Crippen molar-refractivity contribution in [1.29, 1.82) is 0 Å². The average molecular weight is 428 g/mol. The summed E-state index contributed by atoms with van der Waals surface area (Å²) < 4.78 is 32.4. The number of rotatable bonds is 7. The number of amides is 2. The Morgan fingerprint density at radius 2 is 2.00 bits per heavy atom. The van der Waals surface area contributed by atoms with Crippen LogP contribution in [-0.2, 0) is 24.3 Å². The van der Waals surface area contributed by atoms with E-state index in [1.54, 1.807) is 12.1 Å². The number of ether oxygens (including phenoxy) is 1. The lowest BCUT2D eigenvalue weighted by atomic mass is 10.2. The van der Waals surface area contributed by atoms with Gasteiger partial charge in [-0.2, -0.15) is 4.31 Å². The fourth-order valence-corrected chi connectivity index (χ4v) is 5.72. The number of hydrogen-bond donors (Lipinski definition) is 1. The molecule has 10 heteroatoms. The summed E-state index contributed by atoms with van der Waals surface area (Å²) in [4.78, 5) is 26.9. The molecule has 0 bridgehead atoms. The van der Waals surface area contributed by atoms with Crippen LogP contribution in [0.1, 0.15) is 19.3 Å². The maximum atomic E-state index is 13.0. The van der Waals surface area contributed by atoms with Crippen molar-refractivity contribution in [3.8, 4) is 0 Å². The van der Waals surface area contributed by atoms with E-state index < -0.39 is 10.0 Å².